The van der Waals surface area contributed by atoms with Crippen molar-refractivity contribution in [1.29, 1.82) is 0 Å². The van der Waals surface area contributed by atoms with Gasteiger partial charge in [-0.15, -0.1) is 0 Å². The highest BCUT2D eigenvalue weighted by atomic mass is 16.5. The molecule has 2 heteroatoms. The van der Waals surface area contributed by atoms with Crippen molar-refractivity contribution in [2.24, 2.45) is 0 Å². The van der Waals surface area contributed by atoms with Crippen LogP contribution in [-0.2, 0) is 9.47 Å². The molecule has 0 bridgehead atoms. The van der Waals surface area contributed by atoms with Gasteiger partial charge in [-0.05, 0) is 26.2 Å². The van der Waals surface area contributed by atoms with Crippen molar-refractivity contribution in [3.05, 3.63) is 12.3 Å². The van der Waals surface area contributed by atoms with Gasteiger partial charge in [-0.1, -0.05) is 25.8 Å². The molecular weight excluding hydrogens is 176 g/mol. The van der Waals surface area contributed by atoms with Crippen molar-refractivity contribution in [2.75, 3.05) is 13.2 Å². The maximum Gasteiger partial charge on any atom is 0.116 e. The first-order valence-electron chi connectivity index (χ1n) is 5.70. The number of hydrogen-bond acceptors (Lipinski definition) is 2. The Morgan fingerprint density at radius 1 is 1.36 bits per heavy atom. The quantitative estimate of drug-likeness (QED) is 0.645. The van der Waals surface area contributed by atoms with Crippen molar-refractivity contribution < 1.29 is 9.47 Å². The fourth-order valence-corrected chi connectivity index (χ4v) is 1.88. The average molecular weight is 198 g/mol. The third kappa shape index (κ3) is 3.33. The highest BCUT2D eigenvalue weighted by Gasteiger charge is 2.30. The van der Waals surface area contributed by atoms with Gasteiger partial charge in [0, 0.05) is 6.61 Å². The normalized spacial score (nSPS) is 29.0. The summed E-state index contributed by atoms with van der Waals surface area (Å²) in [5.74, 6) is 0. The van der Waals surface area contributed by atoms with Crippen molar-refractivity contribution in [3.8, 4) is 0 Å². The lowest BCUT2D eigenvalue weighted by Gasteiger charge is -2.30. The van der Waals surface area contributed by atoms with Crippen molar-refractivity contribution in [1.82, 2.24) is 0 Å². The van der Waals surface area contributed by atoms with Gasteiger partial charge in [0.1, 0.15) is 12.2 Å². The molecule has 14 heavy (non-hydrogen) atoms. The summed E-state index contributed by atoms with van der Waals surface area (Å²) >= 11 is 0. The van der Waals surface area contributed by atoms with Crippen LogP contribution in [0.5, 0.6) is 0 Å². The largest absolute Gasteiger partial charge is 0.499 e. The zero-order chi connectivity index (χ0) is 10.3. The van der Waals surface area contributed by atoms with Crippen LogP contribution < -0.4 is 0 Å². The maximum absolute atomic E-state index is 5.93. The standard InChI is InChI=1S/C12H22O2/c1-3-9-13-11-12(4-2)8-6-5-7-10-14-12/h3,9H,4-8,10-11H2,1-2H3/b9-3+. The highest BCUT2D eigenvalue weighted by Crippen LogP contribution is 2.27. The lowest BCUT2D eigenvalue weighted by molar-refractivity contribution is -0.0824. The molecule has 0 saturated carbocycles. The fraction of sp³-hybridized carbons (Fsp3) is 0.833. The summed E-state index contributed by atoms with van der Waals surface area (Å²) in [6.07, 6.45) is 9.63. The second-order valence-electron chi connectivity index (χ2n) is 3.98. The molecule has 1 fully saturated rings. The predicted molar refractivity (Wildman–Crippen MR) is 58.2 cm³/mol. The van der Waals surface area contributed by atoms with Gasteiger partial charge in [-0.3, -0.25) is 0 Å². The Labute approximate surface area is 87.3 Å². The number of allylic oxidation sites excluding steroid dienone is 1. The van der Waals surface area contributed by atoms with Gasteiger partial charge in [0.2, 0.25) is 0 Å². The summed E-state index contributed by atoms with van der Waals surface area (Å²) in [5, 5.41) is 0. The van der Waals surface area contributed by atoms with Crippen molar-refractivity contribution >= 4 is 0 Å². The molecule has 0 spiro atoms. The Balaban J connectivity index is 2.44. The molecule has 0 amide bonds. The molecule has 0 aromatic carbocycles. The van der Waals surface area contributed by atoms with E-state index in [1.165, 1.54) is 19.3 Å². The van der Waals surface area contributed by atoms with Gasteiger partial charge in [0.15, 0.2) is 0 Å². The second kappa shape index (κ2) is 6.07. The minimum absolute atomic E-state index is 0.0178. The summed E-state index contributed by atoms with van der Waals surface area (Å²) in [6, 6.07) is 0. The van der Waals surface area contributed by atoms with Crippen LogP contribution in [0.4, 0.5) is 0 Å². The smallest absolute Gasteiger partial charge is 0.116 e. The van der Waals surface area contributed by atoms with E-state index in [0.717, 1.165) is 19.4 Å². The molecule has 82 valence electrons. The van der Waals surface area contributed by atoms with E-state index in [1.807, 2.05) is 13.0 Å². The second-order valence-corrected chi connectivity index (χ2v) is 3.98. The van der Waals surface area contributed by atoms with E-state index in [0.29, 0.717) is 6.61 Å². The fourth-order valence-electron chi connectivity index (χ4n) is 1.88. The van der Waals surface area contributed by atoms with Crippen LogP contribution in [0.2, 0.25) is 0 Å². The van der Waals surface area contributed by atoms with Gasteiger partial charge in [0.25, 0.3) is 0 Å². The summed E-state index contributed by atoms with van der Waals surface area (Å²) in [7, 11) is 0. The van der Waals surface area contributed by atoms with E-state index in [4.69, 9.17) is 9.47 Å². The lowest BCUT2D eigenvalue weighted by atomic mass is 9.95. The van der Waals surface area contributed by atoms with Crippen molar-refractivity contribution in [3.63, 3.8) is 0 Å². The van der Waals surface area contributed by atoms with Gasteiger partial charge in [-0.25, -0.2) is 0 Å². The molecule has 1 aliphatic rings. The van der Waals surface area contributed by atoms with Crippen molar-refractivity contribution in [2.45, 2.75) is 51.6 Å². The Hall–Kier alpha value is -0.500. The molecule has 0 radical (unpaired) electrons. The molecule has 1 heterocycles. The van der Waals surface area contributed by atoms with E-state index >= 15 is 0 Å². The molecule has 0 aromatic heterocycles. The number of ether oxygens (including phenoxy) is 2. The summed E-state index contributed by atoms with van der Waals surface area (Å²) in [5.41, 5.74) is -0.0178. The third-order valence-corrected chi connectivity index (χ3v) is 2.91. The molecule has 2 nitrogen and oxygen atoms in total. The summed E-state index contributed by atoms with van der Waals surface area (Å²) < 4.78 is 11.4. The van der Waals surface area contributed by atoms with Gasteiger partial charge < -0.3 is 9.47 Å². The van der Waals surface area contributed by atoms with E-state index < -0.39 is 0 Å². The summed E-state index contributed by atoms with van der Waals surface area (Å²) in [4.78, 5) is 0. The molecule has 1 unspecified atom stereocenters. The number of hydrogen-bond donors (Lipinski definition) is 0. The minimum atomic E-state index is -0.0178. The van der Waals surface area contributed by atoms with E-state index in [9.17, 15) is 0 Å². The van der Waals surface area contributed by atoms with Crippen LogP contribution in [0.15, 0.2) is 12.3 Å². The minimum Gasteiger partial charge on any atom is -0.499 e. The lowest BCUT2D eigenvalue weighted by Crippen LogP contribution is -2.36. The number of rotatable bonds is 4. The van der Waals surface area contributed by atoms with E-state index in [1.54, 1.807) is 6.26 Å². The van der Waals surface area contributed by atoms with Gasteiger partial charge in [0.05, 0.1) is 6.26 Å². The molecule has 1 rings (SSSR count). The Morgan fingerprint density at radius 3 is 2.93 bits per heavy atom. The van der Waals surface area contributed by atoms with Crippen LogP contribution in [0, 0.1) is 0 Å². The first-order valence-corrected chi connectivity index (χ1v) is 5.70. The first-order chi connectivity index (χ1) is 6.83. The summed E-state index contributed by atoms with van der Waals surface area (Å²) in [6.45, 7) is 5.75. The molecule has 0 aromatic rings. The third-order valence-electron chi connectivity index (χ3n) is 2.91. The van der Waals surface area contributed by atoms with Gasteiger partial charge in [-0.2, -0.15) is 0 Å². The molecule has 1 atom stereocenters. The van der Waals surface area contributed by atoms with Crippen LogP contribution in [0.1, 0.15) is 46.0 Å². The van der Waals surface area contributed by atoms with Crippen LogP contribution >= 0.6 is 0 Å². The Morgan fingerprint density at radius 2 is 2.21 bits per heavy atom. The van der Waals surface area contributed by atoms with Crippen LogP contribution in [0.3, 0.4) is 0 Å². The van der Waals surface area contributed by atoms with Crippen LogP contribution in [-0.4, -0.2) is 18.8 Å². The molecule has 0 N–H and O–H groups in total. The zero-order valence-corrected chi connectivity index (χ0v) is 9.42. The molecular formula is C12H22O2. The Bertz CT molecular complexity index is 167. The molecule has 0 aliphatic carbocycles. The van der Waals surface area contributed by atoms with Gasteiger partial charge >= 0.3 is 0 Å². The topological polar surface area (TPSA) is 18.5 Å². The van der Waals surface area contributed by atoms with Crippen LogP contribution in [0.25, 0.3) is 0 Å². The first kappa shape index (κ1) is 11.6. The monoisotopic (exact) mass is 198 g/mol. The Kier molecular flexibility index (Phi) is 5.02. The zero-order valence-electron chi connectivity index (χ0n) is 9.42. The van der Waals surface area contributed by atoms with E-state index in [-0.39, 0.29) is 5.60 Å². The molecule has 1 saturated heterocycles. The van der Waals surface area contributed by atoms with E-state index in [2.05, 4.69) is 6.92 Å². The maximum atomic E-state index is 5.93. The molecule has 1 aliphatic heterocycles. The highest BCUT2D eigenvalue weighted by molar-refractivity contribution is 4.82. The predicted octanol–water partition coefficient (Wildman–Crippen LogP) is 3.28. The average Bonchev–Trinajstić information content (AvgIpc) is 2.45. The SMILES string of the molecule is C/C=C/OCC1(CC)CCCCCO1.